The zero-order valence-corrected chi connectivity index (χ0v) is 11.3. The molecule has 4 nitrogen and oxygen atoms in total. The van der Waals surface area contributed by atoms with Gasteiger partial charge in [0, 0.05) is 12.6 Å². The molecule has 1 saturated heterocycles. The summed E-state index contributed by atoms with van der Waals surface area (Å²) in [5.41, 5.74) is 1.69. The third-order valence-electron chi connectivity index (χ3n) is 2.93. The maximum atomic E-state index is 6.13. The number of fused-ring (bicyclic) bond motifs is 1. The second-order valence-electron chi connectivity index (χ2n) is 4.19. The van der Waals surface area contributed by atoms with Crippen molar-refractivity contribution in [2.24, 2.45) is 0 Å². The second-order valence-corrected chi connectivity index (χ2v) is 4.54. The first-order chi connectivity index (χ1) is 8.33. The van der Waals surface area contributed by atoms with E-state index in [1.807, 2.05) is 24.3 Å². The smallest absolute Gasteiger partial charge is 0.172 e. The molecule has 0 unspecified atom stereocenters. The third-order valence-corrected chi connectivity index (χ3v) is 3.19. The highest BCUT2D eigenvalue weighted by atomic mass is 35.5. The molecule has 0 amide bonds. The fourth-order valence-electron chi connectivity index (χ4n) is 2.04. The first-order valence-electron chi connectivity index (χ1n) is 5.72. The molecule has 0 aliphatic carbocycles. The molecule has 1 aliphatic rings. The number of benzene rings is 1. The van der Waals surface area contributed by atoms with Crippen molar-refractivity contribution < 1.29 is 0 Å². The molecule has 96 valence electrons. The number of para-hydroxylation sites is 2. The topological polar surface area (TPSA) is 49.8 Å². The Balaban J connectivity index is 0.00000120. The van der Waals surface area contributed by atoms with Gasteiger partial charge >= 0.3 is 0 Å². The Labute approximate surface area is 117 Å². The van der Waals surface area contributed by atoms with Crippen molar-refractivity contribution in [3.05, 3.63) is 29.4 Å². The molecule has 2 aromatic rings. The summed E-state index contributed by atoms with van der Waals surface area (Å²) in [6.45, 7) is 1.99. The molecule has 0 saturated carbocycles. The minimum Gasteiger partial charge on any atom is -0.363 e. The fourth-order valence-corrected chi connectivity index (χ4v) is 2.23. The molecule has 1 aromatic heterocycles. The summed E-state index contributed by atoms with van der Waals surface area (Å²) < 4.78 is 0. The predicted molar refractivity (Wildman–Crippen MR) is 76.7 cm³/mol. The van der Waals surface area contributed by atoms with Crippen LogP contribution in [-0.4, -0.2) is 29.1 Å². The van der Waals surface area contributed by atoms with Crippen LogP contribution in [0.2, 0.25) is 5.15 Å². The lowest BCUT2D eigenvalue weighted by Gasteiger charge is -2.13. The van der Waals surface area contributed by atoms with Gasteiger partial charge in [-0.3, -0.25) is 0 Å². The minimum atomic E-state index is 0. The summed E-state index contributed by atoms with van der Waals surface area (Å²) in [7, 11) is 0. The summed E-state index contributed by atoms with van der Waals surface area (Å²) in [5.74, 6) is 0.680. The number of nitrogens with one attached hydrogen (secondary N) is 2. The van der Waals surface area contributed by atoms with E-state index in [0.717, 1.165) is 30.5 Å². The van der Waals surface area contributed by atoms with Crippen molar-refractivity contribution in [2.45, 2.75) is 12.5 Å². The van der Waals surface area contributed by atoms with Gasteiger partial charge in [-0.1, -0.05) is 23.7 Å². The highest BCUT2D eigenvalue weighted by Gasteiger charge is 2.16. The zero-order valence-electron chi connectivity index (χ0n) is 9.69. The molecular weight excluding hydrogens is 271 g/mol. The maximum absolute atomic E-state index is 6.13. The van der Waals surface area contributed by atoms with E-state index in [0.29, 0.717) is 17.0 Å². The number of halogens is 2. The average molecular weight is 285 g/mol. The number of hydrogen-bond acceptors (Lipinski definition) is 4. The molecule has 1 aliphatic heterocycles. The Morgan fingerprint density at radius 1 is 1.22 bits per heavy atom. The van der Waals surface area contributed by atoms with Crippen LogP contribution in [0.25, 0.3) is 11.0 Å². The Morgan fingerprint density at radius 2 is 1.94 bits per heavy atom. The molecule has 2 N–H and O–H groups in total. The van der Waals surface area contributed by atoms with Crippen molar-refractivity contribution in [1.29, 1.82) is 0 Å². The molecule has 3 rings (SSSR count). The van der Waals surface area contributed by atoms with Gasteiger partial charge in [0.15, 0.2) is 11.0 Å². The van der Waals surface area contributed by atoms with Crippen LogP contribution in [0, 0.1) is 0 Å². The number of anilines is 1. The van der Waals surface area contributed by atoms with E-state index < -0.39 is 0 Å². The molecule has 1 aromatic carbocycles. The SMILES string of the molecule is Cl.Clc1nc2ccccc2nc1N[C@@H]1CCNC1. The zero-order chi connectivity index (χ0) is 11.7. The number of rotatable bonds is 2. The van der Waals surface area contributed by atoms with E-state index in [4.69, 9.17) is 11.6 Å². The number of aromatic nitrogens is 2. The largest absolute Gasteiger partial charge is 0.363 e. The van der Waals surface area contributed by atoms with Gasteiger partial charge < -0.3 is 10.6 Å². The monoisotopic (exact) mass is 284 g/mol. The van der Waals surface area contributed by atoms with Crippen LogP contribution in [0.3, 0.4) is 0 Å². The maximum Gasteiger partial charge on any atom is 0.172 e. The van der Waals surface area contributed by atoms with Gasteiger partial charge in [-0.25, -0.2) is 9.97 Å². The summed E-state index contributed by atoms with van der Waals surface area (Å²) in [4.78, 5) is 8.84. The van der Waals surface area contributed by atoms with Gasteiger partial charge in [0.25, 0.3) is 0 Å². The van der Waals surface area contributed by atoms with E-state index in [-0.39, 0.29) is 12.4 Å². The van der Waals surface area contributed by atoms with Crippen LogP contribution < -0.4 is 10.6 Å². The van der Waals surface area contributed by atoms with Gasteiger partial charge in [0.1, 0.15) is 0 Å². The van der Waals surface area contributed by atoms with Gasteiger partial charge in [0.05, 0.1) is 11.0 Å². The Hall–Kier alpha value is -1.10. The lowest BCUT2D eigenvalue weighted by atomic mass is 10.2. The summed E-state index contributed by atoms with van der Waals surface area (Å²) in [5, 5.41) is 7.07. The quantitative estimate of drug-likeness (QED) is 0.890. The molecule has 0 spiro atoms. The van der Waals surface area contributed by atoms with Crippen molar-refractivity contribution in [2.75, 3.05) is 18.4 Å². The van der Waals surface area contributed by atoms with Crippen molar-refractivity contribution in [1.82, 2.24) is 15.3 Å². The molecule has 1 fully saturated rings. The second kappa shape index (κ2) is 5.69. The van der Waals surface area contributed by atoms with Crippen molar-refractivity contribution in [3.63, 3.8) is 0 Å². The molecule has 0 bridgehead atoms. The molecular formula is C12H14Cl2N4. The van der Waals surface area contributed by atoms with Gasteiger partial charge in [-0.05, 0) is 25.1 Å². The Kier molecular flexibility index (Phi) is 4.22. The van der Waals surface area contributed by atoms with E-state index in [1.54, 1.807) is 0 Å². The Bertz CT molecular complexity index is 541. The first-order valence-corrected chi connectivity index (χ1v) is 6.10. The normalized spacial score (nSPS) is 18.6. The highest BCUT2D eigenvalue weighted by molar-refractivity contribution is 6.32. The van der Waals surface area contributed by atoms with Crippen molar-refractivity contribution >= 4 is 40.9 Å². The van der Waals surface area contributed by atoms with Gasteiger partial charge in [-0.15, -0.1) is 12.4 Å². The fraction of sp³-hybridized carbons (Fsp3) is 0.333. The summed E-state index contributed by atoms with van der Waals surface area (Å²) in [6.07, 6.45) is 1.09. The lowest BCUT2D eigenvalue weighted by molar-refractivity contribution is 0.788. The van der Waals surface area contributed by atoms with E-state index >= 15 is 0 Å². The molecule has 0 radical (unpaired) electrons. The van der Waals surface area contributed by atoms with Gasteiger partial charge in [-0.2, -0.15) is 0 Å². The van der Waals surface area contributed by atoms with E-state index in [2.05, 4.69) is 20.6 Å². The van der Waals surface area contributed by atoms with Crippen LogP contribution in [0.15, 0.2) is 24.3 Å². The third kappa shape index (κ3) is 2.66. The molecule has 2 heterocycles. The standard InChI is InChI=1S/C12H13ClN4.ClH/c13-11-12(15-8-5-6-14-7-8)17-10-4-2-1-3-9(10)16-11;/h1-4,8,14H,5-7H2,(H,15,17);1H/t8-;/m1./s1. The first kappa shape index (κ1) is 13.3. The van der Waals surface area contributed by atoms with Crippen LogP contribution in [0.1, 0.15) is 6.42 Å². The van der Waals surface area contributed by atoms with Crippen molar-refractivity contribution in [3.8, 4) is 0 Å². The van der Waals surface area contributed by atoms with Crippen LogP contribution in [-0.2, 0) is 0 Å². The van der Waals surface area contributed by atoms with E-state index in [1.165, 1.54) is 0 Å². The minimum absolute atomic E-state index is 0. The predicted octanol–water partition coefficient (Wildman–Crippen LogP) is 2.48. The number of hydrogen-bond donors (Lipinski definition) is 2. The van der Waals surface area contributed by atoms with E-state index in [9.17, 15) is 0 Å². The van der Waals surface area contributed by atoms with Crippen LogP contribution in [0.4, 0.5) is 5.82 Å². The Morgan fingerprint density at radius 3 is 2.61 bits per heavy atom. The average Bonchev–Trinajstić information content (AvgIpc) is 2.83. The van der Waals surface area contributed by atoms with Gasteiger partial charge in [0.2, 0.25) is 0 Å². The van der Waals surface area contributed by atoms with Crippen LogP contribution >= 0.6 is 24.0 Å². The molecule has 6 heteroatoms. The lowest BCUT2D eigenvalue weighted by Crippen LogP contribution is -2.23. The molecule has 1 atom stereocenters. The van der Waals surface area contributed by atoms with Crippen LogP contribution in [0.5, 0.6) is 0 Å². The highest BCUT2D eigenvalue weighted by Crippen LogP contribution is 2.22. The molecule has 18 heavy (non-hydrogen) atoms. The number of nitrogens with zero attached hydrogens (tertiary/aromatic N) is 2. The summed E-state index contributed by atoms with van der Waals surface area (Å²) in [6, 6.07) is 8.13. The summed E-state index contributed by atoms with van der Waals surface area (Å²) >= 11 is 6.13.